The normalized spacial score (nSPS) is 23.7. The fourth-order valence-electron chi connectivity index (χ4n) is 3.66. The van der Waals surface area contributed by atoms with Crippen LogP contribution >= 0.6 is 0 Å². The quantitative estimate of drug-likeness (QED) is 0.837. The minimum absolute atomic E-state index is 0.142. The van der Waals surface area contributed by atoms with Gasteiger partial charge in [-0.05, 0) is 43.7 Å². The molecule has 4 rings (SSSR count). The molecule has 1 unspecified atom stereocenters. The summed E-state index contributed by atoms with van der Waals surface area (Å²) >= 11 is 0. The van der Waals surface area contributed by atoms with Gasteiger partial charge in [0.05, 0.1) is 11.9 Å². The molecule has 2 heterocycles. The van der Waals surface area contributed by atoms with E-state index in [9.17, 15) is 4.79 Å². The molecule has 2 N–H and O–H groups in total. The second kappa shape index (κ2) is 7.19. The number of alkyl halides is 1. The van der Waals surface area contributed by atoms with E-state index in [2.05, 4.69) is 15.5 Å². The Morgan fingerprint density at radius 3 is 2.92 bits per heavy atom. The Bertz CT molecular complexity index is 758. The van der Waals surface area contributed by atoms with Gasteiger partial charge in [0.15, 0.2) is 0 Å². The smallest absolute Gasteiger partial charge is 0.259 e. The molecule has 1 amide bonds. The second-order valence-electron chi connectivity index (χ2n) is 7.57. The van der Waals surface area contributed by atoms with Gasteiger partial charge in [0.25, 0.3) is 5.91 Å². The Hall–Kier alpha value is -2.21. The number of H-pyrrole nitrogens is 1. The van der Waals surface area contributed by atoms with Crippen molar-refractivity contribution in [3.8, 4) is 11.3 Å². The molecule has 1 aliphatic carbocycles. The van der Waals surface area contributed by atoms with Gasteiger partial charge in [-0.3, -0.25) is 14.8 Å². The second-order valence-corrected chi connectivity index (χ2v) is 7.57. The average Bonchev–Trinajstić information content (AvgIpc) is 3.38. The fraction of sp³-hybridized carbons (Fsp3) is 0.500. The molecule has 0 bridgehead atoms. The topological polar surface area (TPSA) is 61.0 Å². The van der Waals surface area contributed by atoms with Crippen molar-refractivity contribution >= 4 is 5.91 Å². The highest BCUT2D eigenvalue weighted by molar-refractivity contribution is 5.85. The van der Waals surface area contributed by atoms with Crippen LogP contribution in [-0.4, -0.2) is 46.3 Å². The van der Waals surface area contributed by atoms with Gasteiger partial charge in [0.2, 0.25) is 5.67 Å². The number of nitrogens with one attached hydrogen (secondary N) is 2. The number of amides is 1. The molecule has 1 saturated heterocycles. The Morgan fingerprint density at radius 2 is 2.15 bits per heavy atom. The highest BCUT2D eigenvalue weighted by atomic mass is 19.1. The summed E-state index contributed by atoms with van der Waals surface area (Å²) in [6.07, 6.45) is 5.08. The summed E-state index contributed by atoms with van der Waals surface area (Å²) in [7, 11) is 0. The summed E-state index contributed by atoms with van der Waals surface area (Å²) in [5.74, 6) is 0.117. The molecule has 0 spiro atoms. The maximum Gasteiger partial charge on any atom is 0.259 e. The Kier molecular flexibility index (Phi) is 4.76. The fourth-order valence-corrected chi connectivity index (χ4v) is 3.66. The molecule has 1 atom stereocenters. The van der Waals surface area contributed by atoms with Crippen molar-refractivity contribution in [1.82, 2.24) is 20.4 Å². The van der Waals surface area contributed by atoms with Gasteiger partial charge in [0.1, 0.15) is 0 Å². The first kappa shape index (κ1) is 17.2. The number of likely N-dealkylation sites (tertiary alicyclic amines) is 1. The lowest BCUT2D eigenvalue weighted by Crippen LogP contribution is -2.54. The minimum atomic E-state index is -1.79. The number of aromatic amines is 1. The van der Waals surface area contributed by atoms with E-state index in [1.165, 1.54) is 0 Å². The predicted octanol–water partition coefficient (Wildman–Crippen LogP) is 2.91. The van der Waals surface area contributed by atoms with Crippen molar-refractivity contribution in [2.75, 3.05) is 19.6 Å². The first-order chi connectivity index (χ1) is 12.6. The van der Waals surface area contributed by atoms with Crippen LogP contribution in [-0.2, 0) is 11.3 Å². The predicted molar refractivity (Wildman–Crippen MR) is 98.1 cm³/mol. The highest BCUT2D eigenvalue weighted by Crippen LogP contribution is 2.30. The van der Waals surface area contributed by atoms with Gasteiger partial charge in [-0.1, -0.05) is 30.3 Å². The molecule has 1 aromatic carbocycles. The van der Waals surface area contributed by atoms with Crippen molar-refractivity contribution in [3.05, 3.63) is 42.1 Å². The lowest BCUT2D eigenvalue weighted by molar-refractivity contribution is -0.136. The van der Waals surface area contributed by atoms with Crippen LogP contribution in [0.15, 0.2) is 36.5 Å². The summed E-state index contributed by atoms with van der Waals surface area (Å²) in [6, 6.07) is 9.99. The molecule has 138 valence electrons. The standard InChI is InChI=1S/C20H25FN4O/c21-20(19(26)22-11-15-7-8-15)9-4-10-25(14-20)13-17-12-23-24-18(17)16-5-2-1-3-6-16/h1-3,5-6,12,15H,4,7-11,13-14H2,(H,22,26)(H,23,24). The third kappa shape index (κ3) is 3.80. The maximum atomic E-state index is 15.3. The van der Waals surface area contributed by atoms with Gasteiger partial charge in [-0.2, -0.15) is 5.10 Å². The lowest BCUT2D eigenvalue weighted by atomic mass is 9.93. The van der Waals surface area contributed by atoms with Crippen LogP contribution in [0.3, 0.4) is 0 Å². The van der Waals surface area contributed by atoms with Crippen LogP contribution < -0.4 is 5.32 Å². The van der Waals surface area contributed by atoms with Crippen LogP contribution in [0.2, 0.25) is 0 Å². The molecule has 1 aliphatic heterocycles. The van der Waals surface area contributed by atoms with Gasteiger partial charge in [-0.25, -0.2) is 4.39 Å². The van der Waals surface area contributed by atoms with E-state index in [4.69, 9.17) is 0 Å². The first-order valence-electron chi connectivity index (χ1n) is 9.41. The molecule has 26 heavy (non-hydrogen) atoms. The van der Waals surface area contributed by atoms with Gasteiger partial charge in [-0.15, -0.1) is 0 Å². The lowest BCUT2D eigenvalue weighted by Gasteiger charge is -2.36. The third-order valence-corrected chi connectivity index (χ3v) is 5.35. The number of carbonyl (C=O) groups is 1. The van der Waals surface area contributed by atoms with Crippen molar-refractivity contribution in [2.24, 2.45) is 5.92 Å². The highest BCUT2D eigenvalue weighted by Gasteiger charge is 2.43. The first-order valence-corrected chi connectivity index (χ1v) is 9.41. The molecule has 1 saturated carbocycles. The van der Waals surface area contributed by atoms with Crippen LogP contribution in [0.4, 0.5) is 4.39 Å². The molecule has 1 aromatic heterocycles. The van der Waals surface area contributed by atoms with Crippen LogP contribution in [0.5, 0.6) is 0 Å². The van der Waals surface area contributed by atoms with Crippen molar-refractivity contribution in [2.45, 2.75) is 37.9 Å². The average molecular weight is 356 g/mol. The van der Waals surface area contributed by atoms with E-state index in [0.717, 1.165) is 36.2 Å². The minimum Gasteiger partial charge on any atom is -0.353 e. The summed E-state index contributed by atoms with van der Waals surface area (Å²) in [6.45, 7) is 2.14. The zero-order chi connectivity index (χ0) is 18.0. The van der Waals surface area contributed by atoms with E-state index < -0.39 is 11.6 Å². The monoisotopic (exact) mass is 356 g/mol. The Labute approximate surface area is 153 Å². The number of aromatic nitrogens is 2. The van der Waals surface area contributed by atoms with Crippen LogP contribution in [0.1, 0.15) is 31.2 Å². The Balaban J connectivity index is 1.42. The van der Waals surface area contributed by atoms with Crippen molar-refractivity contribution in [1.29, 1.82) is 0 Å². The van der Waals surface area contributed by atoms with E-state index in [1.807, 2.05) is 35.2 Å². The van der Waals surface area contributed by atoms with E-state index in [0.29, 0.717) is 31.8 Å². The molecule has 2 aliphatic rings. The number of rotatable bonds is 6. The summed E-state index contributed by atoms with van der Waals surface area (Å²) in [5.41, 5.74) is 1.26. The number of hydrogen-bond donors (Lipinski definition) is 2. The molecular weight excluding hydrogens is 331 g/mol. The molecular formula is C20H25FN4O. The van der Waals surface area contributed by atoms with E-state index in [1.54, 1.807) is 6.20 Å². The molecule has 0 radical (unpaired) electrons. The summed E-state index contributed by atoms with van der Waals surface area (Å²) < 4.78 is 15.3. The number of hydrogen-bond acceptors (Lipinski definition) is 3. The van der Waals surface area contributed by atoms with Crippen molar-refractivity contribution < 1.29 is 9.18 Å². The number of benzene rings is 1. The molecule has 6 heteroatoms. The van der Waals surface area contributed by atoms with Gasteiger partial charge in [0, 0.05) is 25.2 Å². The maximum absolute atomic E-state index is 15.3. The number of nitrogens with zero attached hydrogens (tertiary/aromatic N) is 2. The third-order valence-electron chi connectivity index (χ3n) is 5.35. The molecule has 2 aromatic rings. The SMILES string of the molecule is O=C(NCC1CC1)C1(F)CCCN(Cc2cn[nH]c2-c2ccccc2)C1. The van der Waals surface area contributed by atoms with Gasteiger partial charge < -0.3 is 5.32 Å². The number of carbonyl (C=O) groups excluding carboxylic acids is 1. The van der Waals surface area contributed by atoms with Crippen molar-refractivity contribution in [3.63, 3.8) is 0 Å². The van der Waals surface area contributed by atoms with Crippen LogP contribution in [0, 0.1) is 5.92 Å². The molecule has 2 fully saturated rings. The largest absolute Gasteiger partial charge is 0.353 e. The number of halogens is 1. The van der Waals surface area contributed by atoms with E-state index >= 15 is 4.39 Å². The zero-order valence-electron chi connectivity index (χ0n) is 14.9. The number of piperidine rings is 1. The summed E-state index contributed by atoms with van der Waals surface area (Å²) in [5, 5.41) is 10.0. The van der Waals surface area contributed by atoms with Crippen LogP contribution in [0.25, 0.3) is 11.3 Å². The summed E-state index contributed by atoms with van der Waals surface area (Å²) in [4.78, 5) is 14.4. The van der Waals surface area contributed by atoms with Gasteiger partial charge >= 0.3 is 0 Å². The zero-order valence-corrected chi connectivity index (χ0v) is 14.9. The molecule has 5 nitrogen and oxygen atoms in total. The Morgan fingerprint density at radius 1 is 1.35 bits per heavy atom. The van der Waals surface area contributed by atoms with E-state index in [-0.39, 0.29) is 6.54 Å².